The van der Waals surface area contributed by atoms with Crippen molar-refractivity contribution in [1.29, 1.82) is 0 Å². The van der Waals surface area contributed by atoms with Gasteiger partial charge in [-0.2, -0.15) is 0 Å². The van der Waals surface area contributed by atoms with E-state index < -0.39 is 0 Å². The molecule has 0 N–H and O–H groups in total. The van der Waals surface area contributed by atoms with Gasteiger partial charge in [0.15, 0.2) is 0 Å². The van der Waals surface area contributed by atoms with Crippen LogP contribution in [0.1, 0.15) is 29.0 Å². The maximum absolute atomic E-state index is 11.9. The number of hydrogen-bond donors (Lipinski definition) is 0. The summed E-state index contributed by atoms with van der Waals surface area (Å²) in [5, 5.41) is 0. The van der Waals surface area contributed by atoms with E-state index in [1.165, 1.54) is 18.5 Å². The Kier molecular flexibility index (Phi) is 2.55. The largest absolute Gasteiger partial charge is 0.343 e. The van der Waals surface area contributed by atoms with Crippen LogP contribution in [0.25, 0.3) is 0 Å². The molecule has 2 rings (SSSR count). The molecule has 1 heterocycles. The first-order valence-corrected chi connectivity index (χ1v) is 5.47. The average Bonchev–Trinajstić information content (AvgIpc) is 2.92. The maximum atomic E-state index is 11.9. The Morgan fingerprint density at radius 2 is 2.13 bits per heavy atom. The molecular weight excluding hydrogens is 188 g/mol. The van der Waals surface area contributed by atoms with Crippen molar-refractivity contribution in [3.8, 4) is 0 Å². The van der Waals surface area contributed by atoms with Crippen LogP contribution in [0, 0.1) is 12.8 Å². The van der Waals surface area contributed by atoms with Gasteiger partial charge in [-0.15, -0.1) is 0 Å². The fourth-order valence-corrected chi connectivity index (χ4v) is 1.79. The first kappa shape index (κ1) is 10.3. The van der Waals surface area contributed by atoms with E-state index in [4.69, 9.17) is 0 Å². The number of nitrogens with zero attached hydrogens (tertiary/aromatic N) is 2. The van der Waals surface area contributed by atoms with Gasteiger partial charge in [0.1, 0.15) is 5.69 Å². The lowest BCUT2D eigenvalue weighted by Crippen LogP contribution is -2.25. The van der Waals surface area contributed by atoms with E-state index >= 15 is 0 Å². The van der Waals surface area contributed by atoms with Crippen LogP contribution >= 0.6 is 0 Å². The molecule has 0 spiro atoms. The van der Waals surface area contributed by atoms with E-state index in [1.807, 2.05) is 12.1 Å². The quantitative estimate of drug-likeness (QED) is 0.741. The first-order chi connectivity index (χ1) is 7.09. The Balaban J connectivity index is 2.25. The molecule has 0 atom stereocenters. The van der Waals surface area contributed by atoms with Crippen molar-refractivity contribution in [1.82, 2.24) is 9.47 Å². The third kappa shape index (κ3) is 2.06. The molecular formula is C12H18N2O. The fourth-order valence-electron chi connectivity index (χ4n) is 1.79. The molecule has 82 valence electrons. The van der Waals surface area contributed by atoms with Crippen LogP contribution in [0.3, 0.4) is 0 Å². The van der Waals surface area contributed by atoms with Gasteiger partial charge in [0.2, 0.25) is 0 Å². The van der Waals surface area contributed by atoms with Gasteiger partial charge in [-0.25, -0.2) is 0 Å². The molecule has 1 aliphatic rings. The minimum Gasteiger partial charge on any atom is -0.343 e. The predicted octanol–water partition coefficient (Wildman–Crippen LogP) is 1.91. The van der Waals surface area contributed by atoms with Crippen LogP contribution < -0.4 is 0 Å². The van der Waals surface area contributed by atoms with E-state index in [9.17, 15) is 4.79 Å². The van der Waals surface area contributed by atoms with Gasteiger partial charge >= 0.3 is 0 Å². The molecule has 0 unspecified atom stereocenters. The third-order valence-electron chi connectivity index (χ3n) is 2.96. The summed E-state index contributed by atoms with van der Waals surface area (Å²) in [6.07, 6.45) is 2.63. The fraction of sp³-hybridized carbons (Fsp3) is 0.583. The van der Waals surface area contributed by atoms with Crippen LogP contribution in [-0.4, -0.2) is 29.5 Å². The molecule has 3 nitrogen and oxygen atoms in total. The van der Waals surface area contributed by atoms with Crippen LogP contribution in [0.4, 0.5) is 0 Å². The number of aryl methyl sites for hydroxylation is 1. The van der Waals surface area contributed by atoms with Gasteiger partial charge in [0, 0.05) is 26.3 Å². The number of rotatable bonds is 3. The van der Waals surface area contributed by atoms with Gasteiger partial charge in [0.05, 0.1) is 0 Å². The second-order valence-electron chi connectivity index (χ2n) is 4.61. The molecule has 1 aliphatic carbocycles. The number of amides is 1. The first-order valence-electron chi connectivity index (χ1n) is 5.47. The molecule has 1 aromatic rings. The number of aromatic nitrogens is 1. The molecule has 1 saturated carbocycles. The molecule has 1 amide bonds. The van der Waals surface area contributed by atoms with Gasteiger partial charge < -0.3 is 9.47 Å². The van der Waals surface area contributed by atoms with Gasteiger partial charge in [-0.1, -0.05) is 0 Å². The normalized spacial score (nSPS) is 15.4. The lowest BCUT2D eigenvalue weighted by molar-refractivity contribution is 0.0816. The molecule has 0 aromatic carbocycles. The highest BCUT2D eigenvalue weighted by Gasteiger charge is 2.24. The summed E-state index contributed by atoms with van der Waals surface area (Å²) >= 11 is 0. The van der Waals surface area contributed by atoms with Crippen LogP contribution in [0.15, 0.2) is 12.1 Å². The minimum absolute atomic E-state index is 0.101. The Morgan fingerprint density at radius 3 is 2.67 bits per heavy atom. The zero-order valence-corrected chi connectivity index (χ0v) is 9.66. The smallest absolute Gasteiger partial charge is 0.269 e. The van der Waals surface area contributed by atoms with E-state index in [-0.39, 0.29) is 5.91 Å². The zero-order chi connectivity index (χ0) is 11.0. The van der Waals surface area contributed by atoms with E-state index in [0.717, 1.165) is 18.2 Å². The predicted molar refractivity (Wildman–Crippen MR) is 59.9 cm³/mol. The van der Waals surface area contributed by atoms with Crippen molar-refractivity contribution in [2.45, 2.75) is 26.3 Å². The molecule has 3 heteroatoms. The Bertz CT molecular complexity index is 375. The summed E-state index contributed by atoms with van der Waals surface area (Å²) in [6.45, 7) is 3.07. The average molecular weight is 206 g/mol. The highest BCUT2D eigenvalue weighted by Crippen LogP contribution is 2.31. The van der Waals surface area contributed by atoms with Crippen molar-refractivity contribution < 1.29 is 4.79 Å². The maximum Gasteiger partial charge on any atom is 0.269 e. The standard InChI is InChI=1S/C12H18N2O/c1-9-4-7-11(12(15)13(2)3)14(9)8-10-5-6-10/h4,7,10H,5-6,8H2,1-3H3. The lowest BCUT2D eigenvalue weighted by Gasteiger charge is -2.14. The lowest BCUT2D eigenvalue weighted by atomic mass is 10.3. The number of hydrogen-bond acceptors (Lipinski definition) is 1. The summed E-state index contributed by atoms with van der Waals surface area (Å²) in [5.41, 5.74) is 2.01. The van der Waals surface area contributed by atoms with Crippen LogP contribution in [0.2, 0.25) is 0 Å². The van der Waals surface area contributed by atoms with E-state index in [1.54, 1.807) is 19.0 Å². The highest BCUT2D eigenvalue weighted by atomic mass is 16.2. The third-order valence-corrected chi connectivity index (χ3v) is 2.96. The summed E-state index contributed by atoms with van der Waals surface area (Å²) in [6, 6.07) is 3.96. The van der Waals surface area contributed by atoms with Gasteiger partial charge in [0.25, 0.3) is 5.91 Å². The van der Waals surface area contributed by atoms with Crippen molar-refractivity contribution in [3.05, 3.63) is 23.5 Å². The molecule has 0 bridgehead atoms. The van der Waals surface area contributed by atoms with Crippen LogP contribution in [0.5, 0.6) is 0 Å². The molecule has 0 aliphatic heterocycles. The Hall–Kier alpha value is -1.25. The van der Waals surface area contributed by atoms with Crippen molar-refractivity contribution in [2.75, 3.05) is 14.1 Å². The van der Waals surface area contributed by atoms with E-state index in [2.05, 4.69) is 11.5 Å². The Morgan fingerprint density at radius 1 is 1.47 bits per heavy atom. The van der Waals surface area contributed by atoms with Crippen molar-refractivity contribution in [3.63, 3.8) is 0 Å². The van der Waals surface area contributed by atoms with Gasteiger partial charge in [-0.3, -0.25) is 4.79 Å². The second-order valence-corrected chi connectivity index (χ2v) is 4.61. The summed E-state index contributed by atoms with van der Waals surface area (Å²) < 4.78 is 2.15. The second kappa shape index (κ2) is 3.72. The monoisotopic (exact) mass is 206 g/mol. The van der Waals surface area contributed by atoms with Crippen molar-refractivity contribution in [2.24, 2.45) is 5.92 Å². The zero-order valence-electron chi connectivity index (χ0n) is 9.66. The highest BCUT2D eigenvalue weighted by molar-refractivity contribution is 5.92. The molecule has 1 fully saturated rings. The van der Waals surface area contributed by atoms with Gasteiger partial charge in [-0.05, 0) is 37.8 Å². The Labute approximate surface area is 90.7 Å². The summed E-state index contributed by atoms with van der Waals surface area (Å²) in [7, 11) is 3.60. The number of carbonyl (C=O) groups is 1. The van der Waals surface area contributed by atoms with Crippen LogP contribution in [-0.2, 0) is 6.54 Å². The summed E-state index contributed by atoms with van der Waals surface area (Å²) in [4.78, 5) is 13.5. The molecule has 0 radical (unpaired) electrons. The SMILES string of the molecule is Cc1ccc(C(=O)N(C)C)n1CC1CC1. The molecule has 1 aromatic heterocycles. The van der Waals surface area contributed by atoms with Crippen molar-refractivity contribution >= 4 is 5.91 Å². The number of carbonyl (C=O) groups excluding carboxylic acids is 1. The molecule has 15 heavy (non-hydrogen) atoms. The summed E-state index contributed by atoms with van der Waals surface area (Å²) in [5.74, 6) is 0.897. The van der Waals surface area contributed by atoms with E-state index in [0.29, 0.717) is 0 Å². The molecule has 0 saturated heterocycles. The minimum atomic E-state index is 0.101. The topological polar surface area (TPSA) is 25.2 Å².